The van der Waals surface area contributed by atoms with Crippen molar-refractivity contribution in [2.24, 2.45) is 11.3 Å². The molecule has 0 amide bonds. The van der Waals surface area contributed by atoms with Gasteiger partial charge >= 0.3 is 0 Å². The van der Waals surface area contributed by atoms with Crippen molar-refractivity contribution in [3.63, 3.8) is 0 Å². The Kier molecular flexibility index (Phi) is 5.46. The lowest BCUT2D eigenvalue weighted by Crippen LogP contribution is -2.57. The average Bonchev–Trinajstić information content (AvgIpc) is 2.26. The van der Waals surface area contributed by atoms with Crippen molar-refractivity contribution in [2.75, 3.05) is 13.2 Å². The van der Waals surface area contributed by atoms with E-state index < -0.39 is 0 Å². The minimum absolute atomic E-state index is 0.182. The molecule has 1 aliphatic carbocycles. The van der Waals surface area contributed by atoms with Gasteiger partial charge in [-0.25, -0.2) is 0 Å². The van der Waals surface area contributed by atoms with Crippen LogP contribution in [0, 0.1) is 11.3 Å². The van der Waals surface area contributed by atoms with Gasteiger partial charge in [0, 0.05) is 12.1 Å². The van der Waals surface area contributed by atoms with Crippen LogP contribution in [0.5, 0.6) is 0 Å². The molecule has 2 heteroatoms. The van der Waals surface area contributed by atoms with Gasteiger partial charge in [-0.2, -0.15) is 0 Å². The first-order valence-corrected chi connectivity index (χ1v) is 7.32. The molecular formula is C15H31NO. The van der Waals surface area contributed by atoms with Crippen LogP contribution in [0.4, 0.5) is 0 Å². The van der Waals surface area contributed by atoms with Crippen molar-refractivity contribution >= 4 is 0 Å². The zero-order chi connectivity index (χ0) is 12.9. The molecule has 0 spiro atoms. The van der Waals surface area contributed by atoms with E-state index in [1.807, 2.05) is 0 Å². The molecule has 0 aliphatic heterocycles. The van der Waals surface area contributed by atoms with Gasteiger partial charge in [-0.15, -0.1) is 0 Å². The van der Waals surface area contributed by atoms with E-state index in [1.54, 1.807) is 0 Å². The smallest absolute Gasteiger partial charge is 0.0448 e. The highest BCUT2D eigenvalue weighted by Crippen LogP contribution is 2.45. The summed E-state index contributed by atoms with van der Waals surface area (Å²) in [5, 5.41) is 13.2. The normalized spacial score (nSPS) is 30.5. The molecule has 2 nitrogen and oxygen atoms in total. The molecular weight excluding hydrogens is 210 g/mol. The summed E-state index contributed by atoms with van der Waals surface area (Å²) in [4.78, 5) is 0. The van der Waals surface area contributed by atoms with E-state index in [4.69, 9.17) is 0 Å². The summed E-state index contributed by atoms with van der Waals surface area (Å²) in [7, 11) is 0. The summed E-state index contributed by atoms with van der Waals surface area (Å²) in [5.74, 6) is 0.683. The number of aliphatic hydroxyl groups is 1. The van der Waals surface area contributed by atoms with Crippen LogP contribution in [0.3, 0.4) is 0 Å². The molecule has 2 N–H and O–H groups in total. The van der Waals surface area contributed by atoms with Crippen LogP contribution in [-0.4, -0.2) is 23.8 Å². The largest absolute Gasteiger partial charge is 0.396 e. The van der Waals surface area contributed by atoms with Gasteiger partial charge in [0.05, 0.1) is 0 Å². The lowest BCUT2D eigenvalue weighted by molar-refractivity contribution is 0.0318. The predicted octanol–water partition coefficient (Wildman–Crippen LogP) is 3.34. The molecule has 0 aromatic carbocycles. The molecule has 2 atom stereocenters. The summed E-state index contributed by atoms with van der Waals surface area (Å²) in [6, 6.07) is 0. The van der Waals surface area contributed by atoms with Gasteiger partial charge in [0.15, 0.2) is 0 Å². The van der Waals surface area contributed by atoms with Crippen LogP contribution in [-0.2, 0) is 0 Å². The van der Waals surface area contributed by atoms with E-state index >= 15 is 0 Å². The lowest BCUT2D eigenvalue weighted by atomic mass is 9.61. The monoisotopic (exact) mass is 241 g/mol. The fourth-order valence-corrected chi connectivity index (χ4v) is 3.67. The Morgan fingerprint density at radius 2 is 2.00 bits per heavy atom. The summed E-state index contributed by atoms with van der Waals surface area (Å²) < 4.78 is 0. The fourth-order valence-electron chi connectivity index (χ4n) is 3.67. The second kappa shape index (κ2) is 6.19. The molecule has 102 valence electrons. The molecule has 2 unspecified atom stereocenters. The van der Waals surface area contributed by atoms with Gasteiger partial charge < -0.3 is 10.4 Å². The maximum absolute atomic E-state index is 9.43. The van der Waals surface area contributed by atoms with Gasteiger partial charge in [-0.05, 0) is 43.6 Å². The molecule has 1 saturated carbocycles. The average molecular weight is 241 g/mol. The second-order valence-corrected chi connectivity index (χ2v) is 6.72. The van der Waals surface area contributed by atoms with Crippen LogP contribution in [0.25, 0.3) is 0 Å². The Hall–Kier alpha value is -0.0800. The summed E-state index contributed by atoms with van der Waals surface area (Å²) in [6.45, 7) is 10.7. The third kappa shape index (κ3) is 3.69. The van der Waals surface area contributed by atoms with E-state index in [-0.39, 0.29) is 5.54 Å². The Bertz CT molecular complexity index is 217. The van der Waals surface area contributed by atoms with Crippen molar-refractivity contribution in [1.29, 1.82) is 0 Å². The fraction of sp³-hybridized carbons (Fsp3) is 1.00. The maximum atomic E-state index is 9.43. The highest BCUT2D eigenvalue weighted by atomic mass is 16.3. The number of aliphatic hydroxyl groups excluding tert-OH is 1. The molecule has 0 radical (unpaired) electrons. The molecule has 0 bridgehead atoms. The summed E-state index contributed by atoms with van der Waals surface area (Å²) in [5.41, 5.74) is 0.511. The Labute approximate surface area is 107 Å². The SMILES string of the molecule is CCCNC1(CCO)CCCCC1C(C)(C)C. The molecule has 0 saturated heterocycles. The summed E-state index contributed by atoms with van der Waals surface area (Å²) in [6.07, 6.45) is 7.28. The number of hydrogen-bond donors (Lipinski definition) is 2. The molecule has 0 aromatic heterocycles. The number of nitrogens with one attached hydrogen (secondary N) is 1. The first-order chi connectivity index (χ1) is 7.96. The molecule has 1 aliphatic rings. The van der Waals surface area contributed by atoms with Crippen molar-refractivity contribution in [3.05, 3.63) is 0 Å². The predicted molar refractivity (Wildman–Crippen MR) is 74.1 cm³/mol. The van der Waals surface area contributed by atoms with Crippen molar-refractivity contribution in [3.8, 4) is 0 Å². The molecule has 1 rings (SSSR count). The lowest BCUT2D eigenvalue weighted by Gasteiger charge is -2.51. The quantitative estimate of drug-likeness (QED) is 0.773. The zero-order valence-electron chi connectivity index (χ0n) is 12.2. The third-order valence-electron chi connectivity index (χ3n) is 4.36. The van der Waals surface area contributed by atoms with E-state index in [9.17, 15) is 5.11 Å². The minimum Gasteiger partial charge on any atom is -0.396 e. The number of hydrogen-bond acceptors (Lipinski definition) is 2. The number of rotatable bonds is 5. The van der Waals surface area contributed by atoms with Crippen molar-refractivity contribution < 1.29 is 5.11 Å². The first kappa shape index (κ1) is 15.0. The third-order valence-corrected chi connectivity index (χ3v) is 4.36. The first-order valence-electron chi connectivity index (χ1n) is 7.32. The topological polar surface area (TPSA) is 32.3 Å². The summed E-state index contributed by atoms with van der Waals surface area (Å²) >= 11 is 0. The van der Waals surface area contributed by atoms with E-state index in [0.717, 1.165) is 13.0 Å². The Morgan fingerprint density at radius 3 is 2.53 bits per heavy atom. The molecule has 17 heavy (non-hydrogen) atoms. The van der Waals surface area contributed by atoms with Crippen molar-refractivity contribution in [2.45, 2.75) is 71.8 Å². The van der Waals surface area contributed by atoms with Crippen molar-refractivity contribution in [1.82, 2.24) is 5.32 Å². The van der Waals surface area contributed by atoms with Crippen LogP contribution >= 0.6 is 0 Å². The van der Waals surface area contributed by atoms with E-state index in [0.29, 0.717) is 17.9 Å². The van der Waals surface area contributed by atoms with Gasteiger partial charge in [0.25, 0.3) is 0 Å². The molecule has 0 aromatic rings. The maximum Gasteiger partial charge on any atom is 0.0448 e. The van der Waals surface area contributed by atoms with E-state index in [2.05, 4.69) is 33.0 Å². The molecule has 1 fully saturated rings. The highest BCUT2D eigenvalue weighted by Gasteiger charge is 2.44. The van der Waals surface area contributed by atoms with Gasteiger partial charge in [0.1, 0.15) is 0 Å². The zero-order valence-corrected chi connectivity index (χ0v) is 12.2. The van der Waals surface area contributed by atoms with Crippen LogP contribution < -0.4 is 5.32 Å². The highest BCUT2D eigenvalue weighted by molar-refractivity contribution is 5.01. The second-order valence-electron chi connectivity index (χ2n) is 6.72. The Balaban J connectivity index is 2.87. The van der Waals surface area contributed by atoms with Crippen LogP contribution in [0.1, 0.15) is 66.2 Å². The van der Waals surface area contributed by atoms with Gasteiger partial charge in [-0.3, -0.25) is 0 Å². The minimum atomic E-state index is 0.182. The van der Waals surface area contributed by atoms with Crippen LogP contribution in [0.15, 0.2) is 0 Å². The Morgan fingerprint density at radius 1 is 1.29 bits per heavy atom. The van der Waals surface area contributed by atoms with E-state index in [1.165, 1.54) is 32.1 Å². The standard InChI is InChI=1S/C15H31NO/c1-5-11-16-15(10-12-17)9-7-6-8-13(15)14(2,3)4/h13,16-17H,5-12H2,1-4H3. The molecule has 0 heterocycles. The van der Waals surface area contributed by atoms with Gasteiger partial charge in [0.2, 0.25) is 0 Å². The van der Waals surface area contributed by atoms with Gasteiger partial charge in [-0.1, -0.05) is 40.5 Å². The van der Waals surface area contributed by atoms with Crippen LogP contribution in [0.2, 0.25) is 0 Å².